The lowest BCUT2D eigenvalue weighted by Crippen LogP contribution is -2.59. The molecular formula is C32H52N6O13S. The van der Waals surface area contributed by atoms with Crippen molar-refractivity contribution < 1.29 is 63.6 Å². The molecule has 0 aromatic carbocycles. The molecule has 11 N–H and O–H groups in total. The summed E-state index contributed by atoms with van der Waals surface area (Å²) in [7, 11) is 0. The summed E-state index contributed by atoms with van der Waals surface area (Å²) in [4.78, 5) is 112. The van der Waals surface area contributed by atoms with Gasteiger partial charge in [-0.15, -0.1) is 0 Å². The van der Waals surface area contributed by atoms with Crippen LogP contribution in [0.1, 0.15) is 96.8 Å². The molecule has 0 aromatic rings. The highest BCUT2D eigenvalue weighted by Gasteiger charge is 2.34. The number of carbonyl (C=O) groups excluding carboxylic acids is 5. The number of nitrogens with two attached hydrogens (primary N) is 1. The highest BCUT2D eigenvalue weighted by atomic mass is 32.1. The summed E-state index contributed by atoms with van der Waals surface area (Å²) in [5, 5.41) is 48.9. The van der Waals surface area contributed by atoms with Crippen LogP contribution in [0.2, 0.25) is 0 Å². The minimum Gasteiger partial charge on any atom is -0.481 e. The molecule has 0 saturated heterocycles. The Morgan fingerprint density at radius 1 is 0.615 bits per heavy atom. The van der Waals surface area contributed by atoms with Crippen LogP contribution in [-0.2, 0) is 43.2 Å². The van der Waals surface area contributed by atoms with E-state index in [2.05, 4.69) is 39.2 Å². The molecule has 20 heteroatoms. The summed E-state index contributed by atoms with van der Waals surface area (Å²) in [6.07, 6.45) is 2.62. The SMILES string of the molecule is CCCC[C@H](NC(=O)[C@H](CCC(=O)O)NC(=O)[C@@H](N)CC(=O)O)C(=O)N[C@@H](CCC(=O)O)C(=O)N[C@@H](CC1CCCCC1)C(=O)N[C@@H](CS)C(=O)O. The number of rotatable bonds is 25. The maximum atomic E-state index is 13.6. The van der Waals surface area contributed by atoms with Crippen LogP contribution in [0.15, 0.2) is 0 Å². The summed E-state index contributed by atoms with van der Waals surface area (Å²) in [5.41, 5.74) is 5.58. The predicted molar refractivity (Wildman–Crippen MR) is 186 cm³/mol. The summed E-state index contributed by atoms with van der Waals surface area (Å²) >= 11 is 3.96. The number of hydrogen-bond acceptors (Lipinski definition) is 11. The molecule has 1 saturated carbocycles. The zero-order valence-electron chi connectivity index (χ0n) is 29.1. The topological polar surface area (TPSA) is 321 Å². The molecule has 0 heterocycles. The van der Waals surface area contributed by atoms with Gasteiger partial charge in [0, 0.05) is 18.6 Å². The first-order valence-corrected chi connectivity index (χ1v) is 17.9. The van der Waals surface area contributed by atoms with Gasteiger partial charge in [-0.25, -0.2) is 4.79 Å². The Bertz CT molecular complexity index is 1280. The van der Waals surface area contributed by atoms with Crippen LogP contribution < -0.4 is 32.3 Å². The molecule has 19 nitrogen and oxygen atoms in total. The van der Waals surface area contributed by atoms with E-state index in [0.717, 1.165) is 32.1 Å². The monoisotopic (exact) mass is 760 g/mol. The molecular weight excluding hydrogens is 708 g/mol. The first-order chi connectivity index (χ1) is 24.5. The van der Waals surface area contributed by atoms with Crippen LogP contribution in [0.3, 0.4) is 0 Å². The molecule has 0 unspecified atom stereocenters. The summed E-state index contributed by atoms with van der Waals surface area (Å²) in [5.74, 6) is -10.2. The van der Waals surface area contributed by atoms with Crippen LogP contribution in [0.25, 0.3) is 0 Å². The fourth-order valence-corrected chi connectivity index (χ4v) is 5.82. The van der Waals surface area contributed by atoms with Gasteiger partial charge in [-0.05, 0) is 31.6 Å². The Kier molecular flexibility index (Phi) is 20.9. The van der Waals surface area contributed by atoms with Gasteiger partial charge < -0.3 is 52.7 Å². The van der Waals surface area contributed by atoms with Gasteiger partial charge >= 0.3 is 23.9 Å². The van der Waals surface area contributed by atoms with E-state index in [1.165, 1.54) is 0 Å². The molecule has 5 amide bonds. The Hall–Kier alpha value is -4.46. The number of carboxylic acid groups (broad SMARTS) is 4. The third-order valence-corrected chi connectivity index (χ3v) is 8.86. The van der Waals surface area contributed by atoms with E-state index < -0.39 is 122 Å². The van der Waals surface area contributed by atoms with Crippen molar-refractivity contribution in [2.45, 2.75) is 133 Å². The molecule has 0 spiro atoms. The number of carbonyl (C=O) groups is 9. The number of nitrogens with one attached hydrogen (secondary N) is 5. The standard InChI is InChI=1S/C32H52N6O13S/c1-2-3-9-19(35-29(47)20(10-12-24(39)40)34-27(45)18(33)15-26(43)44)28(46)36-21(11-13-25(41)42)30(48)37-22(14-17-7-5-4-6-8-17)31(49)38-23(16-52)32(50)51/h17-23,52H,2-16,33H2,1H3,(H,34,45)(H,35,47)(H,36,46)(H,37,48)(H,38,49)(H,39,40)(H,41,42)(H,43,44)(H,50,51)/t18-,19-,20-,21-,22-,23-/m0/s1. The number of aliphatic carboxylic acids is 4. The Balaban J connectivity index is 3.30. The van der Waals surface area contributed by atoms with Gasteiger partial charge in [-0.3, -0.25) is 38.4 Å². The van der Waals surface area contributed by atoms with Crippen molar-refractivity contribution in [1.82, 2.24) is 26.6 Å². The summed E-state index contributed by atoms with van der Waals surface area (Å²) in [6, 6.07) is -8.59. The third-order valence-electron chi connectivity index (χ3n) is 8.49. The average Bonchev–Trinajstić information content (AvgIpc) is 3.07. The van der Waals surface area contributed by atoms with Crippen molar-refractivity contribution >= 4 is 66.0 Å². The molecule has 1 aliphatic carbocycles. The molecule has 1 fully saturated rings. The molecule has 6 atom stereocenters. The minimum absolute atomic E-state index is 0.00643. The van der Waals surface area contributed by atoms with Gasteiger partial charge in [-0.1, -0.05) is 51.9 Å². The van der Waals surface area contributed by atoms with Crippen LogP contribution in [-0.4, -0.2) is 116 Å². The highest BCUT2D eigenvalue weighted by molar-refractivity contribution is 7.80. The smallest absolute Gasteiger partial charge is 0.327 e. The third kappa shape index (κ3) is 17.7. The second kappa shape index (κ2) is 23.9. The molecule has 1 rings (SSSR count). The van der Waals surface area contributed by atoms with Gasteiger partial charge in [0.2, 0.25) is 29.5 Å². The summed E-state index contributed by atoms with van der Waals surface area (Å²) < 4.78 is 0. The van der Waals surface area contributed by atoms with E-state index >= 15 is 0 Å². The first-order valence-electron chi connectivity index (χ1n) is 17.2. The van der Waals surface area contributed by atoms with Gasteiger partial charge in [0.25, 0.3) is 0 Å². The number of thiol groups is 1. The van der Waals surface area contributed by atoms with E-state index in [1.54, 1.807) is 6.92 Å². The molecule has 294 valence electrons. The fourth-order valence-electron chi connectivity index (χ4n) is 5.57. The maximum absolute atomic E-state index is 13.6. The van der Waals surface area contributed by atoms with Crippen molar-refractivity contribution in [3.63, 3.8) is 0 Å². The van der Waals surface area contributed by atoms with E-state index in [-0.39, 0.29) is 24.5 Å². The minimum atomic E-state index is -1.57. The number of carboxylic acids is 4. The van der Waals surface area contributed by atoms with Gasteiger partial charge in [0.05, 0.1) is 12.5 Å². The zero-order chi connectivity index (χ0) is 39.4. The van der Waals surface area contributed by atoms with E-state index in [4.69, 9.17) is 15.9 Å². The highest BCUT2D eigenvalue weighted by Crippen LogP contribution is 2.27. The van der Waals surface area contributed by atoms with Gasteiger partial charge in [-0.2, -0.15) is 12.6 Å². The van der Waals surface area contributed by atoms with E-state index in [1.807, 2.05) is 0 Å². The largest absolute Gasteiger partial charge is 0.481 e. The van der Waals surface area contributed by atoms with Crippen molar-refractivity contribution in [3.8, 4) is 0 Å². The maximum Gasteiger partial charge on any atom is 0.327 e. The van der Waals surface area contributed by atoms with Crippen LogP contribution in [0.4, 0.5) is 0 Å². The molecule has 1 aliphatic rings. The van der Waals surface area contributed by atoms with Gasteiger partial charge in [0.1, 0.15) is 30.2 Å². The second-order valence-electron chi connectivity index (χ2n) is 12.8. The van der Waals surface area contributed by atoms with Gasteiger partial charge in [0.15, 0.2) is 0 Å². The van der Waals surface area contributed by atoms with Crippen molar-refractivity contribution in [2.24, 2.45) is 11.7 Å². The average molecular weight is 761 g/mol. The predicted octanol–water partition coefficient (Wildman–Crippen LogP) is -0.883. The first kappa shape index (κ1) is 45.6. The van der Waals surface area contributed by atoms with Crippen molar-refractivity contribution in [1.29, 1.82) is 0 Å². The number of amides is 5. The zero-order valence-corrected chi connectivity index (χ0v) is 30.0. The molecule has 0 radical (unpaired) electrons. The summed E-state index contributed by atoms with van der Waals surface area (Å²) in [6.45, 7) is 1.79. The second-order valence-corrected chi connectivity index (χ2v) is 13.1. The molecule has 52 heavy (non-hydrogen) atoms. The Morgan fingerprint density at radius 3 is 1.46 bits per heavy atom. The Morgan fingerprint density at radius 2 is 1.04 bits per heavy atom. The molecule has 0 aromatic heterocycles. The molecule has 0 bridgehead atoms. The quantitative estimate of drug-likeness (QED) is 0.0504. The lowest BCUT2D eigenvalue weighted by molar-refractivity contribution is -0.142. The van der Waals surface area contributed by atoms with Crippen LogP contribution >= 0.6 is 12.6 Å². The van der Waals surface area contributed by atoms with Crippen molar-refractivity contribution in [3.05, 3.63) is 0 Å². The number of hydrogen-bond donors (Lipinski definition) is 11. The Labute approximate surface area is 306 Å². The lowest BCUT2D eigenvalue weighted by Gasteiger charge is -2.29. The molecule has 0 aliphatic heterocycles. The van der Waals surface area contributed by atoms with Crippen LogP contribution in [0, 0.1) is 5.92 Å². The van der Waals surface area contributed by atoms with Crippen molar-refractivity contribution in [2.75, 3.05) is 5.75 Å². The fraction of sp³-hybridized carbons (Fsp3) is 0.719. The normalized spacial score (nSPS) is 16.4. The number of unbranched alkanes of at least 4 members (excludes halogenated alkanes) is 1. The van der Waals surface area contributed by atoms with E-state index in [9.17, 15) is 53.4 Å². The van der Waals surface area contributed by atoms with Crippen LogP contribution in [0.5, 0.6) is 0 Å². The van der Waals surface area contributed by atoms with E-state index in [0.29, 0.717) is 12.8 Å². The lowest BCUT2D eigenvalue weighted by atomic mass is 9.84.